The number of carbonyl (C=O) groups is 4. The highest BCUT2D eigenvalue weighted by Gasteiger charge is 2.62. The number of rotatable bonds is 7. The van der Waals surface area contributed by atoms with Gasteiger partial charge in [-0.15, -0.1) is 0 Å². The lowest BCUT2D eigenvalue weighted by Gasteiger charge is -2.30. The van der Waals surface area contributed by atoms with Crippen LogP contribution in [0.2, 0.25) is 0 Å². The number of pyridine rings is 1. The summed E-state index contributed by atoms with van der Waals surface area (Å²) in [5.41, 5.74) is -2.36. The third-order valence-corrected chi connectivity index (χ3v) is 11.1. The Labute approximate surface area is 296 Å². The zero-order valence-corrected chi connectivity index (χ0v) is 30.0. The number of hydrogen-bond acceptors (Lipinski definition) is 11. The van der Waals surface area contributed by atoms with Crippen molar-refractivity contribution >= 4 is 44.6 Å². The third kappa shape index (κ3) is 8.38. The number of hydrogen-bond donors (Lipinski definition) is 3. The van der Waals surface area contributed by atoms with Crippen LogP contribution in [-0.2, 0) is 33.9 Å². The molecule has 0 radical (unpaired) electrons. The predicted octanol–water partition coefficient (Wildman–Crippen LogP) is 2.33. The fourth-order valence-corrected chi connectivity index (χ4v) is 7.80. The molecule has 51 heavy (non-hydrogen) atoms. The molecular weight excluding hydrogens is 682 g/mol. The third-order valence-electron chi connectivity index (χ3n) is 9.33. The number of carbonyl (C=O) groups excluding carboxylic acids is 4. The summed E-state index contributed by atoms with van der Waals surface area (Å²) >= 11 is 0. The Kier molecular flexibility index (Phi) is 10.2. The number of nitrogens with one attached hydrogen (secondary N) is 3. The number of ether oxygens (including phenoxy) is 4. The van der Waals surface area contributed by atoms with E-state index in [1.54, 1.807) is 52.3 Å². The first-order chi connectivity index (χ1) is 24.2. The van der Waals surface area contributed by atoms with Crippen LogP contribution >= 0.6 is 0 Å². The highest BCUT2D eigenvalue weighted by Crippen LogP contribution is 2.46. The smallest absolute Gasteiger partial charge is 0.408 e. The van der Waals surface area contributed by atoms with Gasteiger partial charge in [0.1, 0.15) is 35.1 Å². The van der Waals surface area contributed by atoms with Crippen molar-refractivity contribution in [3.05, 3.63) is 42.6 Å². The zero-order valence-electron chi connectivity index (χ0n) is 29.2. The van der Waals surface area contributed by atoms with Gasteiger partial charge in [0.2, 0.25) is 27.7 Å². The molecular formula is C35H45N5O10S. The first-order valence-corrected chi connectivity index (χ1v) is 18.8. The minimum absolute atomic E-state index is 0.0182. The molecule has 3 heterocycles. The van der Waals surface area contributed by atoms with Gasteiger partial charge in [0.15, 0.2) is 0 Å². The number of benzene rings is 1. The Bertz CT molecular complexity index is 1820. The van der Waals surface area contributed by atoms with Gasteiger partial charge in [-0.25, -0.2) is 18.2 Å². The van der Waals surface area contributed by atoms with E-state index in [9.17, 15) is 27.6 Å². The number of methoxy groups -OCH3 is 1. The number of allylic oxidation sites excluding steroid dienone is 1. The molecule has 0 unspecified atom stereocenters. The van der Waals surface area contributed by atoms with Crippen LogP contribution in [0.1, 0.15) is 59.3 Å². The molecule has 276 valence electrons. The molecule has 1 aromatic heterocycles. The molecule has 1 saturated heterocycles. The SMILES string of the molecule is COc1ccc2c(O[C@@H]3C[C@H]4C(=O)N[C@]5(C(=O)NS(=O)(=O)C6CC6)C[C@H]5C=CCCCOC[C@H](NC(=O)OC(C)(C)C)C(=O)N4C3)nccc2c1. The van der Waals surface area contributed by atoms with E-state index in [0.29, 0.717) is 36.8 Å². The monoisotopic (exact) mass is 727 g/mol. The lowest BCUT2D eigenvalue weighted by molar-refractivity contribution is -0.142. The number of aromatic nitrogens is 1. The molecule has 2 aliphatic carbocycles. The molecule has 2 saturated carbocycles. The molecule has 4 aliphatic rings. The molecule has 4 amide bonds. The van der Waals surface area contributed by atoms with Crippen molar-refractivity contribution in [1.82, 2.24) is 25.2 Å². The second kappa shape index (κ2) is 14.3. The van der Waals surface area contributed by atoms with Gasteiger partial charge in [0, 0.05) is 30.5 Å². The van der Waals surface area contributed by atoms with Crippen molar-refractivity contribution in [3.8, 4) is 11.6 Å². The first kappa shape index (κ1) is 36.4. The van der Waals surface area contributed by atoms with Crippen molar-refractivity contribution in [1.29, 1.82) is 0 Å². The quantitative estimate of drug-likeness (QED) is 0.355. The second-order valence-electron chi connectivity index (χ2n) is 14.5. The van der Waals surface area contributed by atoms with E-state index in [0.717, 1.165) is 5.39 Å². The van der Waals surface area contributed by atoms with Crippen molar-refractivity contribution in [2.75, 3.05) is 26.9 Å². The van der Waals surface area contributed by atoms with Crippen molar-refractivity contribution in [2.45, 2.75) is 93.9 Å². The number of alkyl carbamates (subject to hydrolysis) is 1. The molecule has 5 atom stereocenters. The van der Waals surface area contributed by atoms with Gasteiger partial charge in [0.25, 0.3) is 5.91 Å². The number of nitrogens with zero attached hydrogens (tertiary/aromatic N) is 2. The maximum Gasteiger partial charge on any atom is 0.408 e. The summed E-state index contributed by atoms with van der Waals surface area (Å²) < 4.78 is 50.7. The van der Waals surface area contributed by atoms with Gasteiger partial charge in [-0.1, -0.05) is 12.2 Å². The molecule has 0 spiro atoms. The van der Waals surface area contributed by atoms with Crippen LogP contribution in [0.25, 0.3) is 10.8 Å². The predicted molar refractivity (Wildman–Crippen MR) is 184 cm³/mol. The van der Waals surface area contributed by atoms with E-state index in [1.807, 2.05) is 18.2 Å². The fraction of sp³-hybridized carbons (Fsp3) is 0.571. The Balaban J connectivity index is 1.30. The minimum atomic E-state index is -3.90. The number of fused-ring (bicyclic) bond motifs is 3. The molecule has 0 bridgehead atoms. The average molecular weight is 728 g/mol. The molecule has 2 aromatic rings. The Morgan fingerprint density at radius 2 is 1.94 bits per heavy atom. The fourth-order valence-electron chi connectivity index (χ4n) is 6.44. The van der Waals surface area contributed by atoms with Crippen molar-refractivity contribution in [2.24, 2.45) is 5.92 Å². The summed E-state index contributed by atoms with van der Waals surface area (Å²) in [5.74, 6) is -1.61. The van der Waals surface area contributed by atoms with E-state index in [4.69, 9.17) is 18.9 Å². The maximum absolute atomic E-state index is 14.3. The van der Waals surface area contributed by atoms with Crippen molar-refractivity contribution in [3.63, 3.8) is 0 Å². The van der Waals surface area contributed by atoms with Crippen LogP contribution in [0.15, 0.2) is 42.6 Å². The molecule has 2 aliphatic heterocycles. The van der Waals surface area contributed by atoms with Crippen LogP contribution in [0.3, 0.4) is 0 Å². The summed E-state index contributed by atoms with van der Waals surface area (Å²) in [6.45, 7) is 5.12. The van der Waals surface area contributed by atoms with Gasteiger partial charge in [-0.2, -0.15) is 0 Å². The number of amides is 4. The van der Waals surface area contributed by atoms with Gasteiger partial charge in [0.05, 0.1) is 25.5 Å². The lowest BCUT2D eigenvalue weighted by atomic mass is 10.1. The lowest BCUT2D eigenvalue weighted by Crippen LogP contribution is -2.59. The molecule has 3 fully saturated rings. The molecule has 3 N–H and O–H groups in total. The van der Waals surface area contributed by atoms with Gasteiger partial charge >= 0.3 is 6.09 Å². The highest BCUT2D eigenvalue weighted by atomic mass is 32.2. The summed E-state index contributed by atoms with van der Waals surface area (Å²) in [5, 5.41) is 6.31. The van der Waals surface area contributed by atoms with E-state index >= 15 is 0 Å². The standard InChI is InChI=1S/C35H45N5O10S/c1-34(2,3)50-33(44)37-27-20-48-15-7-5-6-8-22-18-35(22,32(43)39-51(45,46)25-10-11-25)38-29(41)28-17-24(19-40(28)31(27)42)49-30-26-12-9-23(47-4)16-21(26)13-14-36-30/h6,8-9,12-14,16,22,24-25,27-28H,5,7,10-11,15,17-20H2,1-4H3,(H,37,44)(H,38,41)(H,39,43)/t22-,24-,27+,28+,35-/m1/s1. The van der Waals surface area contributed by atoms with Gasteiger partial charge in [-0.05, 0) is 82.5 Å². The first-order valence-electron chi connectivity index (χ1n) is 17.2. The van der Waals surface area contributed by atoms with Crippen LogP contribution in [0, 0.1) is 5.92 Å². The average Bonchev–Trinajstić information content (AvgIpc) is 3.99. The van der Waals surface area contributed by atoms with E-state index in [2.05, 4.69) is 20.3 Å². The van der Waals surface area contributed by atoms with Gasteiger partial charge in [-0.3, -0.25) is 19.1 Å². The normalized spacial score (nSPS) is 27.3. The summed E-state index contributed by atoms with van der Waals surface area (Å²) in [6, 6.07) is 4.85. The largest absolute Gasteiger partial charge is 0.497 e. The Morgan fingerprint density at radius 3 is 2.67 bits per heavy atom. The topological polar surface area (TPSA) is 192 Å². The molecule has 16 heteroatoms. The molecule has 15 nitrogen and oxygen atoms in total. The van der Waals surface area contributed by atoms with Crippen LogP contribution in [0.4, 0.5) is 4.79 Å². The Hall–Kier alpha value is -4.44. The number of sulfonamides is 1. The maximum atomic E-state index is 14.3. The zero-order chi connectivity index (χ0) is 36.6. The van der Waals surface area contributed by atoms with E-state index < -0.39 is 74.3 Å². The minimum Gasteiger partial charge on any atom is -0.497 e. The van der Waals surface area contributed by atoms with Crippen LogP contribution in [-0.4, -0.2) is 104 Å². The van der Waals surface area contributed by atoms with E-state index in [1.165, 1.54) is 4.90 Å². The van der Waals surface area contributed by atoms with Crippen LogP contribution < -0.4 is 24.8 Å². The highest BCUT2D eigenvalue weighted by molar-refractivity contribution is 7.91. The molecule has 1 aromatic carbocycles. The van der Waals surface area contributed by atoms with Crippen LogP contribution in [0.5, 0.6) is 11.6 Å². The molecule has 6 rings (SSSR count). The summed E-state index contributed by atoms with van der Waals surface area (Å²) in [7, 11) is -2.33. The summed E-state index contributed by atoms with van der Waals surface area (Å²) in [4.78, 5) is 60.8. The second-order valence-corrected chi connectivity index (χ2v) is 16.4. The summed E-state index contributed by atoms with van der Waals surface area (Å²) in [6.07, 6.45) is 5.98. The Morgan fingerprint density at radius 1 is 1.16 bits per heavy atom. The van der Waals surface area contributed by atoms with Gasteiger partial charge < -0.3 is 34.5 Å². The van der Waals surface area contributed by atoms with Crippen molar-refractivity contribution < 1.29 is 46.5 Å². The van der Waals surface area contributed by atoms with E-state index in [-0.39, 0.29) is 38.5 Å².